The number of likely N-dealkylation sites (N-methyl/N-ethyl adjacent to an activating group) is 2. The number of thioether (sulfide) groups is 4. The lowest BCUT2D eigenvalue weighted by molar-refractivity contribution is -0.205. The summed E-state index contributed by atoms with van der Waals surface area (Å²) >= 11 is 5.72. The molecule has 4 aliphatic rings. The molecule has 4 fully saturated rings. The van der Waals surface area contributed by atoms with E-state index in [0.29, 0.717) is 49.8 Å². The van der Waals surface area contributed by atoms with Crippen LogP contribution in [0.2, 0.25) is 0 Å². The molecule has 4 aliphatic heterocycles. The molecule has 18 atom stereocenters. The summed E-state index contributed by atoms with van der Waals surface area (Å²) in [6, 6.07) is -1.79. The first-order valence-electron chi connectivity index (χ1n) is 23.7. The molecule has 16 nitrogen and oxygen atoms in total. The van der Waals surface area contributed by atoms with Crippen LogP contribution < -0.4 is 10.6 Å². The van der Waals surface area contributed by atoms with Gasteiger partial charge in [-0.2, -0.15) is 23.5 Å². The Bertz CT molecular complexity index is 1310. The van der Waals surface area contributed by atoms with E-state index in [2.05, 4.69) is 34.3 Å². The summed E-state index contributed by atoms with van der Waals surface area (Å²) in [5.41, 5.74) is -1.48. The minimum absolute atomic E-state index is 0.116. The number of rotatable bonds is 29. The van der Waals surface area contributed by atoms with Crippen LogP contribution in [0.5, 0.6) is 0 Å². The lowest BCUT2D eigenvalue weighted by Crippen LogP contribution is -2.65. The minimum atomic E-state index is -1.40. The molecule has 0 aromatic carbocycles. The molecule has 22 heteroatoms. The van der Waals surface area contributed by atoms with Crippen molar-refractivity contribution in [3.63, 3.8) is 0 Å². The summed E-state index contributed by atoms with van der Waals surface area (Å²) in [4.78, 5) is 31.6. The van der Waals surface area contributed by atoms with Crippen molar-refractivity contribution in [1.82, 2.24) is 20.4 Å². The molecule has 0 saturated carbocycles. The average Bonchev–Trinajstić information content (AvgIpc) is 3.86. The van der Waals surface area contributed by atoms with Crippen molar-refractivity contribution in [2.24, 2.45) is 11.8 Å². The normalized spacial score (nSPS) is 35.1. The van der Waals surface area contributed by atoms with Gasteiger partial charge in [0.05, 0.1) is 50.6 Å². The van der Waals surface area contributed by atoms with Crippen molar-refractivity contribution in [2.75, 3.05) is 89.1 Å². The predicted octanol–water partition coefficient (Wildman–Crippen LogP) is 2.20. The van der Waals surface area contributed by atoms with Gasteiger partial charge in [-0.05, 0) is 64.1 Å². The highest BCUT2D eigenvalue weighted by molar-refractivity contribution is 8.76. The number of aliphatic hydroxyl groups is 6. The van der Waals surface area contributed by atoms with Crippen LogP contribution in [0, 0.1) is 11.8 Å². The minimum Gasteiger partial charge on any atom is -0.388 e. The van der Waals surface area contributed by atoms with E-state index in [1.165, 1.54) is 23.5 Å². The number of nitrogens with zero attached hydrogens (tertiary/aromatic N) is 2. The Hall–Kier alpha value is 0.560. The van der Waals surface area contributed by atoms with Gasteiger partial charge in [0.15, 0.2) is 0 Å². The van der Waals surface area contributed by atoms with Gasteiger partial charge in [0.25, 0.3) is 0 Å². The molecule has 4 saturated heterocycles. The van der Waals surface area contributed by atoms with Crippen LogP contribution >= 0.6 is 68.6 Å². The Balaban J connectivity index is 1.14. The molecule has 0 aromatic rings. The van der Waals surface area contributed by atoms with Crippen molar-refractivity contribution in [2.45, 2.75) is 161 Å². The fourth-order valence-electron chi connectivity index (χ4n) is 9.54. The molecule has 386 valence electrons. The summed E-state index contributed by atoms with van der Waals surface area (Å²) < 4.78 is 24.2. The van der Waals surface area contributed by atoms with E-state index < -0.39 is 71.8 Å². The molecule has 0 bridgehead atoms. The first kappa shape index (κ1) is 59.1. The summed E-state index contributed by atoms with van der Waals surface area (Å²) in [6.07, 6.45) is -0.492. The number of carbonyl (C=O) groups excluding carboxylic acids is 2. The lowest BCUT2D eigenvalue weighted by atomic mass is 9.92. The maximum atomic E-state index is 13.7. The van der Waals surface area contributed by atoms with Gasteiger partial charge in [-0.25, -0.2) is 0 Å². The second-order valence-corrected chi connectivity index (χ2v) is 25.7. The molecule has 0 aliphatic carbocycles. The average molecular weight is 1050 g/mol. The smallest absolute Gasteiger partial charge is 0.237 e. The summed E-state index contributed by atoms with van der Waals surface area (Å²) in [5.74, 6) is 3.58. The molecular formula is C44H82N4O12S6. The highest BCUT2D eigenvalue weighted by atomic mass is 33.1. The van der Waals surface area contributed by atoms with Gasteiger partial charge in [-0.15, -0.1) is 23.5 Å². The molecule has 2 unspecified atom stereocenters. The first-order valence-corrected chi connectivity index (χ1v) is 30.8. The lowest BCUT2D eigenvalue weighted by Gasteiger charge is -2.44. The van der Waals surface area contributed by atoms with E-state index in [-0.39, 0.29) is 34.4 Å². The Morgan fingerprint density at radius 2 is 0.970 bits per heavy atom. The molecule has 0 radical (unpaired) electrons. The second-order valence-electron chi connectivity index (χ2n) is 18.1. The van der Waals surface area contributed by atoms with Gasteiger partial charge < -0.3 is 60.2 Å². The Morgan fingerprint density at radius 3 is 1.32 bits per heavy atom. The summed E-state index contributed by atoms with van der Waals surface area (Å²) in [6.45, 7) is 12.1. The molecular weight excluding hydrogens is 969 g/mol. The van der Waals surface area contributed by atoms with Crippen molar-refractivity contribution in [1.29, 1.82) is 0 Å². The molecule has 66 heavy (non-hydrogen) atoms. The second kappa shape index (κ2) is 30.6. The van der Waals surface area contributed by atoms with E-state index in [1.54, 1.807) is 57.6 Å². The Morgan fingerprint density at radius 1 is 0.606 bits per heavy atom. The van der Waals surface area contributed by atoms with Crippen LogP contribution in [-0.4, -0.2) is 236 Å². The number of nitrogens with one attached hydrogen (secondary N) is 2. The molecule has 0 aromatic heterocycles. The van der Waals surface area contributed by atoms with Crippen LogP contribution in [0.1, 0.15) is 66.2 Å². The molecule has 8 N–H and O–H groups in total. The first-order chi connectivity index (χ1) is 31.6. The van der Waals surface area contributed by atoms with E-state index >= 15 is 0 Å². The third-order valence-corrected chi connectivity index (χ3v) is 19.7. The van der Waals surface area contributed by atoms with E-state index in [0.717, 1.165) is 63.1 Å². The monoisotopic (exact) mass is 1050 g/mol. The van der Waals surface area contributed by atoms with Gasteiger partial charge in [0.2, 0.25) is 11.8 Å². The van der Waals surface area contributed by atoms with Gasteiger partial charge >= 0.3 is 0 Å². The van der Waals surface area contributed by atoms with Crippen LogP contribution in [-0.2, 0) is 28.5 Å². The van der Waals surface area contributed by atoms with E-state index in [4.69, 9.17) is 18.9 Å². The number of amides is 2. The van der Waals surface area contributed by atoms with Crippen molar-refractivity contribution in [3.05, 3.63) is 0 Å². The predicted molar refractivity (Wildman–Crippen MR) is 274 cm³/mol. The van der Waals surface area contributed by atoms with Crippen LogP contribution in [0.3, 0.4) is 0 Å². The molecule has 4 heterocycles. The van der Waals surface area contributed by atoms with Gasteiger partial charge in [-0.3, -0.25) is 19.4 Å². The van der Waals surface area contributed by atoms with Crippen LogP contribution in [0.25, 0.3) is 0 Å². The zero-order valence-electron chi connectivity index (χ0n) is 40.2. The SMILES string of the molecule is CCC[C@@H]1C[C@@H](C(=O)NC([C@H]2O[C@H](SC)[C@H](O)[C@@H](O)[C@H]2O)[C@@H](C)SCCOCCSSCCOCCS[C@H](C)C(NC(=O)[C@@H]2C[C@@H](CCC)CN2C)[C@H]2O[C@H](SC)[C@H](O)[C@@H](O)[C@H]2O)N(C)C1. The Labute approximate surface area is 419 Å². The molecule has 4 rings (SSSR count). The largest absolute Gasteiger partial charge is 0.388 e. The van der Waals surface area contributed by atoms with Crippen LogP contribution in [0.15, 0.2) is 0 Å². The van der Waals surface area contributed by atoms with Gasteiger partial charge in [-0.1, -0.05) is 62.1 Å². The quantitative estimate of drug-likeness (QED) is 0.0398. The van der Waals surface area contributed by atoms with Crippen molar-refractivity contribution < 1.29 is 59.2 Å². The van der Waals surface area contributed by atoms with Gasteiger partial charge in [0, 0.05) is 46.6 Å². The number of carbonyl (C=O) groups is 2. The fraction of sp³-hybridized carbons (Fsp3) is 0.955. The zero-order chi connectivity index (χ0) is 48.5. The van der Waals surface area contributed by atoms with E-state index in [1.807, 2.05) is 27.9 Å². The van der Waals surface area contributed by atoms with E-state index in [9.17, 15) is 40.2 Å². The highest BCUT2D eigenvalue weighted by Crippen LogP contribution is 2.35. The fourth-order valence-corrected chi connectivity index (χ4v) is 14.7. The standard InChI is InChI=1S/C44H82N4O12S6/c1-9-11-27-21-29(47(5)23-27)41(55)45-31(39-35(51)33(49)37(53)43(59-39)61-7)25(3)63-17-13-57-15-19-65-66-20-16-58-14-18-64-26(4)32(40-36(52)34(50)38(54)44(60-40)62-8)46-42(56)30-22-28(12-10-2)24-48(30)6/h25-40,43-44,49-54H,9-24H2,1-8H3,(H,45,55)(H,46,56)/t25-,26-,27-,28-,29+,30+,31?,32?,33+,34+,35-,36-,37-,38-,39-,40-,43-,44-/m1/s1. The maximum Gasteiger partial charge on any atom is 0.237 e. The third kappa shape index (κ3) is 17.1. The molecule has 2 amide bonds. The van der Waals surface area contributed by atoms with Crippen molar-refractivity contribution >= 4 is 80.4 Å². The highest BCUT2D eigenvalue weighted by Gasteiger charge is 2.50. The molecule has 0 spiro atoms. The number of hydrogen-bond acceptors (Lipinski definition) is 20. The van der Waals surface area contributed by atoms with Crippen LogP contribution in [0.4, 0.5) is 0 Å². The Kier molecular flexibility index (Phi) is 27.4. The maximum absolute atomic E-state index is 13.7. The van der Waals surface area contributed by atoms with Gasteiger partial charge in [0.1, 0.15) is 59.7 Å². The third-order valence-electron chi connectivity index (χ3n) is 13.2. The number of hydrogen-bond donors (Lipinski definition) is 8. The van der Waals surface area contributed by atoms with Crippen molar-refractivity contribution in [3.8, 4) is 0 Å². The number of ether oxygens (including phenoxy) is 4. The summed E-state index contributed by atoms with van der Waals surface area (Å²) in [7, 11) is 7.36. The zero-order valence-corrected chi connectivity index (χ0v) is 45.1. The topological polar surface area (TPSA) is 223 Å². The summed E-state index contributed by atoms with van der Waals surface area (Å²) in [5, 5.41) is 70.6. The number of likely N-dealkylation sites (tertiary alicyclic amines) is 2. The number of aliphatic hydroxyl groups excluding tert-OH is 6.